The van der Waals surface area contributed by atoms with Gasteiger partial charge in [-0.2, -0.15) is 0 Å². The van der Waals surface area contributed by atoms with Crippen LogP contribution in [0.4, 0.5) is 4.79 Å². The molecule has 0 atom stereocenters. The van der Waals surface area contributed by atoms with E-state index in [9.17, 15) is 4.79 Å². The molecule has 0 aliphatic rings. The van der Waals surface area contributed by atoms with Gasteiger partial charge in [-0.1, -0.05) is 30.9 Å². The fourth-order valence-electron chi connectivity index (χ4n) is 0.725. The number of allylic oxidation sites excluding steroid dienone is 4. The Kier molecular flexibility index (Phi) is 13.8. The minimum atomic E-state index is -0.639. The highest BCUT2D eigenvalue weighted by molar-refractivity contribution is 7.96. The predicted molar refractivity (Wildman–Crippen MR) is 84.4 cm³/mol. The van der Waals surface area contributed by atoms with Crippen molar-refractivity contribution in [2.75, 3.05) is 20.7 Å². The molecule has 19 heavy (non-hydrogen) atoms. The third-order valence-electron chi connectivity index (χ3n) is 1.52. The minimum Gasteiger partial charge on any atom is -0.470 e. The second-order valence-corrected chi connectivity index (χ2v) is 4.24. The minimum absolute atomic E-state index is 0.0367. The van der Waals surface area contributed by atoms with E-state index in [0.717, 1.165) is 0 Å². The fourth-order valence-corrected chi connectivity index (χ4v) is 0.809. The van der Waals surface area contributed by atoms with Gasteiger partial charge in [-0.15, -0.1) is 0 Å². The van der Waals surface area contributed by atoms with Crippen LogP contribution in [0, 0.1) is 0 Å². The number of nitrogens with two attached hydrogens (primary N) is 1. The summed E-state index contributed by atoms with van der Waals surface area (Å²) in [4.78, 5) is 22.0. The van der Waals surface area contributed by atoms with Crippen LogP contribution in [0.3, 0.4) is 0 Å². The Morgan fingerprint density at radius 3 is 2.32 bits per heavy atom. The van der Waals surface area contributed by atoms with Gasteiger partial charge in [0.2, 0.25) is 0 Å². The van der Waals surface area contributed by atoms with Crippen LogP contribution in [0.2, 0.25) is 0 Å². The van der Waals surface area contributed by atoms with E-state index in [0.29, 0.717) is 18.2 Å². The molecule has 0 saturated carbocycles. The zero-order chi connectivity index (χ0) is 15.3. The summed E-state index contributed by atoms with van der Waals surface area (Å²) >= 11 is 8.00. The smallest absolute Gasteiger partial charge is 0.273 e. The summed E-state index contributed by atoms with van der Waals surface area (Å²) in [5.41, 5.74) is 4.34. The van der Waals surface area contributed by atoms with Gasteiger partial charge in [-0.05, 0) is 25.2 Å². The number of hydrogen-bond donors (Lipinski definition) is 2. The number of hydrogen-bond acceptors (Lipinski definition) is 4. The quantitative estimate of drug-likeness (QED) is 0.351. The Morgan fingerprint density at radius 1 is 1.37 bits per heavy atom. The number of primary amides is 1. The van der Waals surface area contributed by atoms with Gasteiger partial charge in [-0.25, -0.2) is 0 Å². The molecule has 0 rings (SSSR count). The summed E-state index contributed by atoms with van der Waals surface area (Å²) in [5, 5.41) is -0.236. The number of ether oxygens (including phenoxy) is 1. The Bertz CT molecular complexity index is 349. The maximum absolute atomic E-state index is 11.2. The topological polar surface area (TPSA) is 72.6 Å². The monoisotopic (exact) mass is 304 g/mol. The van der Waals surface area contributed by atoms with E-state index in [4.69, 9.17) is 21.7 Å². The summed E-state index contributed by atoms with van der Waals surface area (Å²) in [6, 6.07) is 0. The molecule has 108 valence electrons. The zero-order valence-electron chi connectivity index (χ0n) is 11.3. The van der Waals surface area contributed by atoms with Crippen LogP contribution in [0.25, 0.3) is 0 Å². The van der Waals surface area contributed by atoms with Crippen molar-refractivity contribution >= 4 is 41.0 Å². The molecule has 0 aromatic carbocycles. The molecule has 0 unspecified atom stereocenters. The van der Waals surface area contributed by atoms with Gasteiger partial charge < -0.3 is 15.4 Å². The normalized spacial score (nSPS) is 9.89. The summed E-state index contributed by atoms with van der Waals surface area (Å²) in [6.07, 6.45) is 7.27. The number of carbonyl (C=O) groups is 2. The average molecular weight is 304 g/mol. The lowest BCUT2D eigenvalue weighted by Gasteiger charge is -2.13. The van der Waals surface area contributed by atoms with Gasteiger partial charge in [0, 0.05) is 20.5 Å². The molecular weight excluding hydrogens is 284 g/mol. The second-order valence-electron chi connectivity index (χ2n) is 3.45. The number of amides is 1. The fraction of sp³-hybridized carbons (Fsp3) is 0.417. The van der Waals surface area contributed by atoms with Crippen LogP contribution in [0.5, 0.6) is 0 Å². The molecular formula is C12H20N2O3S2. The van der Waals surface area contributed by atoms with Crippen molar-refractivity contribution in [3.05, 3.63) is 24.3 Å². The summed E-state index contributed by atoms with van der Waals surface area (Å²) in [6.45, 7) is 2.23. The van der Waals surface area contributed by atoms with E-state index in [1.807, 2.05) is 19.1 Å². The van der Waals surface area contributed by atoms with Crippen LogP contribution in [-0.2, 0) is 9.53 Å². The third kappa shape index (κ3) is 19.2. The van der Waals surface area contributed by atoms with Crippen molar-refractivity contribution in [2.45, 2.75) is 13.3 Å². The van der Waals surface area contributed by atoms with E-state index in [2.05, 4.69) is 18.4 Å². The maximum Gasteiger partial charge on any atom is 0.273 e. The first-order valence-corrected chi connectivity index (χ1v) is 6.31. The van der Waals surface area contributed by atoms with Crippen molar-refractivity contribution in [1.82, 2.24) is 4.90 Å². The van der Waals surface area contributed by atoms with E-state index in [1.165, 1.54) is 6.08 Å². The first-order valence-electron chi connectivity index (χ1n) is 5.46. The van der Waals surface area contributed by atoms with Gasteiger partial charge in [0.1, 0.15) is 0 Å². The van der Waals surface area contributed by atoms with E-state index < -0.39 is 5.24 Å². The first kappa shape index (κ1) is 20.0. The highest BCUT2D eigenvalue weighted by atomic mass is 32.1. The maximum atomic E-state index is 11.2. The summed E-state index contributed by atoms with van der Waals surface area (Å²) < 4.78 is 5.17. The zero-order valence-corrected chi connectivity index (χ0v) is 13.0. The highest BCUT2D eigenvalue weighted by Gasteiger charge is 2.01. The molecule has 7 heteroatoms. The number of nitrogens with zero attached hydrogens (tertiary/aromatic N) is 1. The lowest BCUT2D eigenvalue weighted by Crippen LogP contribution is -2.23. The molecule has 0 aliphatic carbocycles. The number of ketones is 1. The van der Waals surface area contributed by atoms with Gasteiger partial charge in [0.25, 0.3) is 10.4 Å². The average Bonchev–Trinajstić information content (AvgIpc) is 2.28. The van der Waals surface area contributed by atoms with Crippen molar-refractivity contribution < 1.29 is 14.3 Å². The largest absolute Gasteiger partial charge is 0.470 e. The molecule has 0 aliphatic heterocycles. The van der Waals surface area contributed by atoms with Crippen LogP contribution < -0.4 is 5.73 Å². The Labute approximate surface area is 124 Å². The number of thiol groups is 1. The Balaban J connectivity index is 0. The summed E-state index contributed by atoms with van der Waals surface area (Å²) in [5.74, 6) is 0.0367. The molecule has 0 aromatic rings. The van der Waals surface area contributed by atoms with Gasteiger partial charge in [0.05, 0.1) is 6.61 Å². The van der Waals surface area contributed by atoms with Gasteiger partial charge >= 0.3 is 0 Å². The molecule has 0 saturated heterocycles. The van der Waals surface area contributed by atoms with E-state index in [1.54, 1.807) is 25.1 Å². The standard InChI is InChI=1S/C11H17NO2S.CH3NOS/c1-4-5-6-7-10(13)8-9-14-11(15)12(2)3;2-1(3)4/h4-7H,8-9H2,1-3H3;(H3,2,3,4). The van der Waals surface area contributed by atoms with Crippen molar-refractivity contribution in [1.29, 1.82) is 0 Å². The molecule has 0 fully saturated rings. The van der Waals surface area contributed by atoms with Gasteiger partial charge in [0.15, 0.2) is 5.78 Å². The molecule has 0 spiro atoms. The van der Waals surface area contributed by atoms with Crippen LogP contribution in [0.15, 0.2) is 24.3 Å². The van der Waals surface area contributed by atoms with Crippen LogP contribution in [0.1, 0.15) is 13.3 Å². The van der Waals surface area contributed by atoms with Crippen LogP contribution in [-0.4, -0.2) is 41.8 Å². The highest BCUT2D eigenvalue weighted by Crippen LogP contribution is 1.92. The number of thiocarbonyl (C=S) groups is 1. The second kappa shape index (κ2) is 13.1. The van der Waals surface area contributed by atoms with Gasteiger partial charge in [-0.3, -0.25) is 9.59 Å². The molecule has 5 nitrogen and oxygen atoms in total. The lowest BCUT2D eigenvalue weighted by atomic mass is 10.2. The molecule has 0 heterocycles. The Hall–Kier alpha value is -1.34. The third-order valence-corrected chi connectivity index (χ3v) is 2.01. The lowest BCUT2D eigenvalue weighted by molar-refractivity contribution is -0.115. The number of rotatable bonds is 5. The molecule has 1 amide bonds. The molecule has 0 aromatic heterocycles. The van der Waals surface area contributed by atoms with Crippen molar-refractivity contribution in [3.63, 3.8) is 0 Å². The molecule has 0 bridgehead atoms. The number of carbonyl (C=O) groups excluding carboxylic acids is 2. The van der Waals surface area contributed by atoms with Crippen molar-refractivity contribution in [3.8, 4) is 0 Å². The van der Waals surface area contributed by atoms with Crippen molar-refractivity contribution in [2.24, 2.45) is 5.73 Å². The molecule has 2 N–H and O–H groups in total. The SMILES string of the molecule is CC=CC=CC(=O)CCOC(=S)N(C)C.NC(=O)S. The van der Waals surface area contributed by atoms with E-state index in [-0.39, 0.29) is 5.78 Å². The van der Waals surface area contributed by atoms with E-state index >= 15 is 0 Å². The molecule has 0 radical (unpaired) electrons. The van der Waals surface area contributed by atoms with Crippen LogP contribution >= 0.6 is 24.8 Å². The Morgan fingerprint density at radius 2 is 1.89 bits per heavy atom. The summed E-state index contributed by atoms with van der Waals surface area (Å²) in [7, 11) is 3.60. The first-order chi connectivity index (χ1) is 8.81. The predicted octanol–water partition coefficient (Wildman–Crippen LogP) is 1.94.